The van der Waals surface area contributed by atoms with Gasteiger partial charge in [-0.05, 0) is 32.0 Å². The number of ether oxygens (including phenoxy) is 3. The minimum atomic E-state index is -0.250. The van der Waals surface area contributed by atoms with Crippen LogP contribution in [0, 0.1) is 0 Å². The standard InChI is InChI=1S/C24H29ClN4O4S/c1-14-10-19(27-11-16-8-9-26-12-20(16)33-13-15(2)31-3)21(23(30)28-14)24(34)29-18-7-5-6-17(25)22(18)32-4/h5-9,12,14-15,27H,10-11,13H2,1-4H3,(H,28,30)(H,29,34). The number of nitrogens with zero attached hydrogens (tertiary/aromatic N) is 1. The molecule has 1 aromatic carbocycles. The zero-order chi connectivity index (χ0) is 24.7. The fraction of sp³-hybridized carbons (Fsp3) is 0.375. The largest absolute Gasteiger partial charge is 0.493 e. The molecule has 0 radical (unpaired) electrons. The average molecular weight is 505 g/mol. The number of hydrogen-bond donors (Lipinski definition) is 3. The number of methoxy groups -OCH3 is 2. The number of thiocarbonyl (C=S) groups is 1. The topological polar surface area (TPSA) is 93.7 Å². The summed E-state index contributed by atoms with van der Waals surface area (Å²) in [6.45, 7) is 4.70. The van der Waals surface area contributed by atoms with Crippen LogP contribution in [0.15, 0.2) is 47.9 Å². The van der Waals surface area contributed by atoms with E-state index in [1.54, 1.807) is 37.7 Å². The fourth-order valence-electron chi connectivity index (χ4n) is 3.45. The summed E-state index contributed by atoms with van der Waals surface area (Å²) in [4.78, 5) is 17.3. The summed E-state index contributed by atoms with van der Waals surface area (Å²) in [5.41, 5.74) is 2.59. The number of amides is 1. The third-order valence-electron chi connectivity index (χ3n) is 5.30. The van der Waals surface area contributed by atoms with E-state index in [4.69, 9.17) is 38.0 Å². The Bertz CT molecular complexity index is 1080. The van der Waals surface area contributed by atoms with E-state index in [0.29, 0.717) is 47.4 Å². The van der Waals surface area contributed by atoms with E-state index in [-0.39, 0.29) is 23.0 Å². The Morgan fingerprint density at radius 2 is 2.15 bits per heavy atom. The molecule has 182 valence electrons. The van der Waals surface area contributed by atoms with Crippen LogP contribution in [0.3, 0.4) is 0 Å². The lowest BCUT2D eigenvalue weighted by atomic mass is 10.0. The van der Waals surface area contributed by atoms with Crippen LogP contribution in [0.25, 0.3) is 0 Å². The molecular formula is C24H29ClN4O4S. The highest BCUT2D eigenvalue weighted by Gasteiger charge is 2.28. The van der Waals surface area contributed by atoms with E-state index >= 15 is 0 Å². The molecule has 1 aliphatic heterocycles. The zero-order valence-electron chi connectivity index (χ0n) is 19.6. The molecule has 2 atom stereocenters. The number of carbonyl (C=O) groups is 1. The van der Waals surface area contributed by atoms with Gasteiger partial charge in [0, 0.05) is 43.6 Å². The molecule has 2 heterocycles. The highest BCUT2D eigenvalue weighted by molar-refractivity contribution is 7.81. The van der Waals surface area contributed by atoms with E-state index in [9.17, 15) is 4.79 Å². The SMILES string of the molecule is COc1c(Cl)cccc1NC(=S)C1=C(NCc2ccncc2OCC(C)OC)CC(C)NC1=O. The maximum atomic E-state index is 12.9. The molecule has 3 rings (SSSR count). The van der Waals surface area contributed by atoms with E-state index < -0.39 is 0 Å². The van der Waals surface area contributed by atoms with Crippen LogP contribution in [0.2, 0.25) is 5.02 Å². The predicted molar refractivity (Wildman–Crippen MR) is 137 cm³/mol. The van der Waals surface area contributed by atoms with Crippen molar-refractivity contribution in [3.63, 3.8) is 0 Å². The van der Waals surface area contributed by atoms with Crippen molar-refractivity contribution in [2.24, 2.45) is 0 Å². The molecule has 0 saturated heterocycles. The molecule has 0 spiro atoms. The second-order valence-corrected chi connectivity index (χ2v) is 8.72. The molecule has 1 amide bonds. The lowest BCUT2D eigenvalue weighted by Crippen LogP contribution is -2.44. The molecule has 10 heteroatoms. The minimum Gasteiger partial charge on any atom is -0.493 e. The van der Waals surface area contributed by atoms with Gasteiger partial charge in [0.2, 0.25) is 0 Å². The lowest BCUT2D eigenvalue weighted by Gasteiger charge is -2.27. The molecule has 0 fully saturated rings. The van der Waals surface area contributed by atoms with Crippen LogP contribution < -0.4 is 25.4 Å². The maximum Gasteiger partial charge on any atom is 0.256 e. The second kappa shape index (κ2) is 12.0. The first kappa shape index (κ1) is 25.7. The molecule has 34 heavy (non-hydrogen) atoms. The molecule has 1 aliphatic rings. The van der Waals surface area contributed by atoms with Crippen molar-refractivity contribution in [2.75, 3.05) is 26.1 Å². The van der Waals surface area contributed by atoms with Gasteiger partial charge in [-0.25, -0.2) is 0 Å². The van der Waals surface area contributed by atoms with Gasteiger partial charge in [0.1, 0.15) is 17.3 Å². The summed E-state index contributed by atoms with van der Waals surface area (Å²) in [6.07, 6.45) is 3.91. The summed E-state index contributed by atoms with van der Waals surface area (Å²) in [6, 6.07) is 7.12. The summed E-state index contributed by atoms with van der Waals surface area (Å²) < 4.78 is 16.5. The minimum absolute atomic E-state index is 0.0435. The molecular weight excluding hydrogens is 476 g/mol. The number of anilines is 1. The number of aromatic nitrogens is 1. The van der Waals surface area contributed by atoms with Crippen molar-refractivity contribution in [1.29, 1.82) is 0 Å². The van der Waals surface area contributed by atoms with Crippen LogP contribution >= 0.6 is 23.8 Å². The van der Waals surface area contributed by atoms with Crippen LogP contribution in [0.1, 0.15) is 25.8 Å². The van der Waals surface area contributed by atoms with Crippen molar-refractivity contribution in [3.05, 3.63) is 58.5 Å². The number of benzene rings is 1. The Balaban J connectivity index is 1.83. The first-order valence-electron chi connectivity index (χ1n) is 10.8. The third kappa shape index (κ3) is 6.37. The zero-order valence-corrected chi connectivity index (χ0v) is 21.2. The first-order chi connectivity index (χ1) is 16.3. The van der Waals surface area contributed by atoms with Gasteiger partial charge >= 0.3 is 0 Å². The Kier molecular flexibility index (Phi) is 9.09. The van der Waals surface area contributed by atoms with E-state index in [2.05, 4.69) is 20.9 Å². The Hall–Kier alpha value is -2.88. The van der Waals surface area contributed by atoms with Gasteiger partial charge in [-0.2, -0.15) is 0 Å². The average Bonchev–Trinajstić information content (AvgIpc) is 2.81. The van der Waals surface area contributed by atoms with Crippen molar-refractivity contribution in [2.45, 2.75) is 39.0 Å². The summed E-state index contributed by atoms with van der Waals surface area (Å²) in [5, 5.41) is 9.89. The summed E-state index contributed by atoms with van der Waals surface area (Å²) in [5.74, 6) is 0.855. The second-order valence-electron chi connectivity index (χ2n) is 7.90. The van der Waals surface area contributed by atoms with Gasteiger partial charge in [0.05, 0.1) is 35.7 Å². The van der Waals surface area contributed by atoms with Gasteiger partial charge in [0.15, 0.2) is 5.75 Å². The van der Waals surface area contributed by atoms with Gasteiger partial charge in [0.25, 0.3) is 5.91 Å². The molecule has 0 saturated carbocycles. The number of hydrogen-bond acceptors (Lipinski definition) is 7. The number of pyridine rings is 1. The first-order valence-corrected chi connectivity index (χ1v) is 11.6. The van der Waals surface area contributed by atoms with Crippen LogP contribution in [-0.4, -0.2) is 48.9 Å². The van der Waals surface area contributed by atoms with Crippen LogP contribution in [0.4, 0.5) is 5.69 Å². The molecule has 2 unspecified atom stereocenters. The Morgan fingerprint density at radius 3 is 2.88 bits per heavy atom. The number of rotatable bonds is 10. The Morgan fingerprint density at radius 1 is 1.35 bits per heavy atom. The molecule has 0 aliphatic carbocycles. The normalized spacial score (nSPS) is 16.5. The van der Waals surface area contributed by atoms with E-state index in [0.717, 1.165) is 11.3 Å². The molecule has 8 nitrogen and oxygen atoms in total. The lowest BCUT2D eigenvalue weighted by molar-refractivity contribution is -0.118. The highest BCUT2D eigenvalue weighted by Crippen LogP contribution is 2.33. The quantitative estimate of drug-likeness (QED) is 0.420. The summed E-state index contributed by atoms with van der Waals surface area (Å²) >= 11 is 11.8. The van der Waals surface area contributed by atoms with Crippen molar-refractivity contribution < 1.29 is 19.0 Å². The highest BCUT2D eigenvalue weighted by atomic mass is 35.5. The van der Waals surface area contributed by atoms with Crippen molar-refractivity contribution in [3.8, 4) is 11.5 Å². The number of nitrogens with one attached hydrogen (secondary N) is 3. The third-order valence-corrected chi connectivity index (χ3v) is 5.91. The molecule has 0 bridgehead atoms. The van der Waals surface area contributed by atoms with E-state index in [1.807, 2.05) is 19.9 Å². The van der Waals surface area contributed by atoms with Gasteiger partial charge < -0.3 is 30.2 Å². The van der Waals surface area contributed by atoms with Crippen LogP contribution in [-0.2, 0) is 16.1 Å². The fourth-order valence-corrected chi connectivity index (χ4v) is 4.03. The smallest absolute Gasteiger partial charge is 0.256 e. The monoisotopic (exact) mass is 504 g/mol. The van der Waals surface area contributed by atoms with Gasteiger partial charge in [-0.1, -0.05) is 29.9 Å². The molecule has 3 N–H and O–H groups in total. The number of halogens is 1. The van der Waals surface area contributed by atoms with E-state index in [1.165, 1.54) is 7.11 Å². The van der Waals surface area contributed by atoms with Crippen molar-refractivity contribution >= 4 is 40.4 Å². The van der Waals surface area contributed by atoms with Crippen molar-refractivity contribution in [1.82, 2.24) is 15.6 Å². The molecule has 1 aromatic heterocycles. The van der Waals surface area contributed by atoms with Crippen LogP contribution in [0.5, 0.6) is 11.5 Å². The number of carbonyl (C=O) groups excluding carboxylic acids is 1. The van der Waals surface area contributed by atoms with Gasteiger partial charge in [-0.15, -0.1) is 0 Å². The maximum absolute atomic E-state index is 12.9. The van der Waals surface area contributed by atoms with Gasteiger partial charge in [-0.3, -0.25) is 9.78 Å². The Labute approximate surface area is 210 Å². The molecule has 2 aromatic rings. The summed E-state index contributed by atoms with van der Waals surface area (Å²) in [7, 11) is 3.16. The predicted octanol–water partition coefficient (Wildman–Crippen LogP) is 3.85. The number of para-hydroxylation sites is 1.